The molecule has 1 aliphatic rings. The highest BCUT2D eigenvalue weighted by Crippen LogP contribution is 2.08. The third-order valence-electron chi connectivity index (χ3n) is 2.79. The Morgan fingerprint density at radius 2 is 2.17 bits per heavy atom. The van der Waals surface area contributed by atoms with Crippen LogP contribution in [0.2, 0.25) is 0 Å². The molecule has 7 heteroatoms. The summed E-state index contributed by atoms with van der Waals surface area (Å²) in [5, 5.41) is 3.27. The molecule has 1 aliphatic heterocycles. The summed E-state index contributed by atoms with van der Waals surface area (Å²) in [6, 6.07) is 0.422. The number of piperazine rings is 1. The average Bonchev–Trinajstić information content (AvgIpc) is 2.27. The monoisotopic (exact) mass is 286 g/mol. The summed E-state index contributed by atoms with van der Waals surface area (Å²) in [5.41, 5.74) is 0. The Labute approximate surface area is 112 Å². The molecule has 1 heterocycles. The maximum absolute atomic E-state index is 11.8. The quantitative estimate of drug-likeness (QED) is 0.775. The number of hydrogen-bond acceptors (Lipinski definition) is 3. The minimum Gasteiger partial charge on any atom is -0.375 e. The van der Waals surface area contributed by atoms with Gasteiger partial charge in [0.15, 0.2) is 0 Å². The Hall–Kier alpha value is -0.460. The largest absolute Gasteiger partial charge is 0.375 e. The summed E-state index contributed by atoms with van der Waals surface area (Å²) in [6.45, 7) is 4.88. The van der Waals surface area contributed by atoms with Crippen molar-refractivity contribution < 1.29 is 18.3 Å². The molecule has 4 nitrogen and oxygen atoms in total. The number of amides is 1. The van der Waals surface area contributed by atoms with Crippen LogP contribution >= 0.6 is 12.4 Å². The van der Waals surface area contributed by atoms with Crippen molar-refractivity contribution in [2.75, 3.05) is 26.3 Å². The summed E-state index contributed by atoms with van der Waals surface area (Å²) in [5.74, 6) is -0.0277. The predicted octanol–water partition coefficient (Wildman–Crippen LogP) is 1.29. The van der Waals surface area contributed by atoms with Crippen molar-refractivity contribution in [3.8, 4) is 0 Å². The van der Waals surface area contributed by atoms with Crippen LogP contribution in [0.1, 0.15) is 20.3 Å². The molecular weight excluding hydrogens is 266 g/mol. The zero-order chi connectivity index (χ0) is 12.8. The minimum absolute atomic E-state index is 0. The van der Waals surface area contributed by atoms with E-state index in [0.717, 1.165) is 6.54 Å². The van der Waals surface area contributed by atoms with Gasteiger partial charge in [0.05, 0.1) is 13.0 Å². The van der Waals surface area contributed by atoms with Gasteiger partial charge in [-0.2, -0.15) is 0 Å². The number of nitrogens with one attached hydrogen (secondary N) is 1. The minimum atomic E-state index is -2.47. The number of nitrogens with zero attached hydrogens (tertiary/aromatic N) is 1. The average molecular weight is 287 g/mol. The highest BCUT2D eigenvalue weighted by Gasteiger charge is 2.25. The van der Waals surface area contributed by atoms with E-state index in [9.17, 15) is 13.6 Å². The maximum Gasteiger partial charge on any atom is 0.261 e. The van der Waals surface area contributed by atoms with E-state index in [0.29, 0.717) is 6.54 Å². The van der Waals surface area contributed by atoms with Gasteiger partial charge in [0.25, 0.3) is 6.43 Å². The Morgan fingerprint density at radius 1 is 1.50 bits per heavy atom. The first-order valence-electron chi connectivity index (χ1n) is 5.89. The van der Waals surface area contributed by atoms with E-state index in [4.69, 9.17) is 4.74 Å². The molecule has 2 unspecified atom stereocenters. The topological polar surface area (TPSA) is 41.6 Å². The fourth-order valence-corrected chi connectivity index (χ4v) is 1.84. The van der Waals surface area contributed by atoms with Crippen LogP contribution in [0.5, 0.6) is 0 Å². The van der Waals surface area contributed by atoms with E-state index in [1.807, 2.05) is 13.8 Å². The summed E-state index contributed by atoms with van der Waals surface area (Å²) in [4.78, 5) is 13.6. The molecule has 2 atom stereocenters. The van der Waals surface area contributed by atoms with E-state index >= 15 is 0 Å². The third kappa shape index (κ3) is 5.93. The fraction of sp³-hybridized carbons (Fsp3) is 0.909. The smallest absolute Gasteiger partial charge is 0.261 e. The van der Waals surface area contributed by atoms with Gasteiger partial charge in [0.1, 0.15) is 6.61 Å². The van der Waals surface area contributed by atoms with Crippen molar-refractivity contribution in [1.82, 2.24) is 10.2 Å². The first-order valence-corrected chi connectivity index (χ1v) is 5.89. The van der Waals surface area contributed by atoms with Crippen molar-refractivity contribution in [2.45, 2.75) is 38.8 Å². The summed E-state index contributed by atoms with van der Waals surface area (Å²) >= 11 is 0. The molecule has 0 radical (unpaired) electrons. The lowest BCUT2D eigenvalue weighted by molar-refractivity contribution is -0.136. The SMILES string of the molecule is CC1CN(C(=O)CCOCC(F)F)C(C)CN1.Cl. The lowest BCUT2D eigenvalue weighted by atomic mass is 10.1. The van der Waals surface area contributed by atoms with Gasteiger partial charge in [0, 0.05) is 25.2 Å². The lowest BCUT2D eigenvalue weighted by Gasteiger charge is -2.37. The molecule has 0 aromatic carbocycles. The van der Waals surface area contributed by atoms with E-state index in [2.05, 4.69) is 5.32 Å². The van der Waals surface area contributed by atoms with Crippen molar-refractivity contribution >= 4 is 18.3 Å². The van der Waals surface area contributed by atoms with Gasteiger partial charge in [-0.15, -0.1) is 12.4 Å². The van der Waals surface area contributed by atoms with Crippen molar-refractivity contribution in [3.05, 3.63) is 0 Å². The molecule has 1 fully saturated rings. The van der Waals surface area contributed by atoms with Gasteiger partial charge in [-0.05, 0) is 13.8 Å². The van der Waals surface area contributed by atoms with Crippen molar-refractivity contribution in [1.29, 1.82) is 0 Å². The van der Waals surface area contributed by atoms with Gasteiger partial charge >= 0.3 is 0 Å². The second-order valence-corrected chi connectivity index (χ2v) is 4.42. The van der Waals surface area contributed by atoms with Crippen LogP contribution in [0, 0.1) is 0 Å². The Morgan fingerprint density at radius 3 is 2.78 bits per heavy atom. The number of ether oxygens (including phenoxy) is 1. The Kier molecular flexibility index (Phi) is 8.39. The molecule has 1 amide bonds. The highest BCUT2D eigenvalue weighted by atomic mass is 35.5. The second kappa shape index (κ2) is 8.61. The fourth-order valence-electron chi connectivity index (χ4n) is 1.84. The van der Waals surface area contributed by atoms with Gasteiger partial charge < -0.3 is 15.0 Å². The normalized spacial score (nSPS) is 23.9. The van der Waals surface area contributed by atoms with Crippen LogP contribution in [-0.4, -0.2) is 55.6 Å². The maximum atomic E-state index is 11.8. The first-order chi connectivity index (χ1) is 8.00. The summed E-state index contributed by atoms with van der Waals surface area (Å²) in [6.07, 6.45) is -2.30. The number of carbonyl (C=O) groups excluding carboxylic acids is 1. The summed E-state index contributed by atoms with van der Waals surface area (Å²) in [7, 11) is 0. The zero-order valence-corrected chi connectivity index (χ0v) is 11.5. The first kappa shape index (κ1) is 17.5. The second-order valence-electron chi connectivity index (χ2n) is 4.42. The van der Waals surface area contributed by atoms with Crippen molar-refractivity contribution in [2.24, 2.45) is 0 Å². The van der Waals surface area contributed by atoms with E-state index < -0.39 is 13.0 Å². The van der Waals surface area contributed by atoms with Crippen LogP contribution in [0.3, 0.4) is 0 Å². The molecule has 0 aliphatic carbocycles. The molecular formula is C11H21ClF2N2O2. The van der Waals surface area contributed by atoms with E-state index in [-0.39, 0.29) is 43.4 Å². The van der Waals surface area contributed by atoms with E-state index in [1.165, 1.54) is 0 Å². The van der Waals surface area contributed by atoms with Crippen LogP contribution in [0.25, 0.3) is 0 Å². The number of halogens is 3. The summed E-state index contributed by atoms with van der Waals surface area (Å²) < 4.78 is 28.3. The predicted molar refractivity (Wildman–Crippen MR) is 67.3 cm³/mol. The number of rotatable bonds is 5. The molecule has 0 aromatic rings. The Balaban J connectivity index is 0.00000289. The third-order valence-corrected chi connectivity index (χ3v) is 2.79. The molecule has 1 saturated heterocycles. The standard InChI is InChI=1S/C11H20F2N2O2.ClH/c1-8-6-15(9(2)5-14-8)11(16)3-4-17-7-10(12)13;/h8-10,14H,3-7H2,1-2H3;1H. The van der Waals surface area contributed by atoms with Crippen LogP contribution < -0.4 is 5.32 Å². The van der Waals surface area contributed by atoms with Gasteiger partial charge in [0.2, 0.25) is 5.91 Å². The van der Waals surface area contributed by atoms with Gasteiger partial charge in [-0.3, -0.25) is 4.79 Å². The van der Waals surface area contributed by atoms with Gasteiger partial charge in [-0.1, -0.05) is 0 Å². The van der Waals surface area contributed by atoms with Crippen LogP contribution in [-0.2, 0) is 9.53 Å². The number of carbonyl (C=O) groups is 1. The molecule has 1 rings (SSSR count). The molecule has 0 spiro atoms. The zero-order valence-electron chi connectivity index (χ0n) is 10.7. The Bertz CT molecular complexity index is 257. The molecule has 0 saturated carbocycles. The molecule has 0 aromatic heterocycles. The van der Waals surface area contributed by atoms with Crippen LogP contribution in [0.4, 0.5) is 8.78 Å². The number of hydrogen-bond donors (Lipinski definition) is 1. The van der Waals surface area contributed by atoms with Crippen molar-refractivity contribution in [3.63, 3.8) is 0 Å². The molecule has 1 N–H and O–H groups in total. The molecule has 0 bridgehead atoms. The molecule has 108 valence electrons. The van der Waals surface area contributed by atoms with E-state index in [1.54, 1.807) is 4.90 Å². The van der Waals surface area contributed by atoms with Gasteiger partial charge in [-0.25, -0.2) is 8.78 Å². The lowest BCUT2D eigenvalue weighted by Crippen LogP contribution is -2.56. The molecule has 18 heavy (non-hydrogen) atoms. The highest BCUT2D eigenvalue weighted by molar-refractivity contribution is 5.85. The number of alkyl halides is 2. The van der Waals surface area contributed by atoms with Crippen LogP contribution in [0.15, 0.2) is 0 Å².